The molecule has 0 aliphatic carbocycles. The van der Waals surface area contributed by atoms with Crippen LogP contribution in [0.15, 0.2) is 66.7 Å². The molecular weight excluding hydrogens is 400 g/mol. The molecule has 0 unspecified atom stereocenters. The fraction of sp³-hybridized carbons (Fsp3) is 0.0435. The molecule has 0 aromatic heterocycles. The third-order valence-corrected chi connectivity index (χ3v) is 4.86. The number of anilines is 2. The van der Waals surface area contributed by atoms with Crippen LogP contribution in [-0.4, -0.2) is 35.9 Å². The van der Waals surface area contributed by atoms with Gasteiger partial charge in [0.05, 0.1) is 29.5 Å². The van der Waals surface area contributed by atoms with Crippen LogP contribution in [0, 0.1) is 0 Å². The number of nitrogens with one attached hydrogen (secondary N) is 1. The number of fused-ring (bicyclic) bond motifs is 1. The van der Waals surface area contributed by atoms with E-state index in [2.05, 4.69) is 5.32 Å². The quantitative estimate of drug-likeness (QED) is 0.616. The van der Waals surface area contributed by atoms with E-state index in [9.17, 15) is 19.2 Å². The molecule has 1 aliphatic heterocycles. The zero-order chi connectivity index (χ0) is 22.1. The Bertz CT molecular complexity index is 1230. The van der Waals surface area contributed by atoms with Gasteiger partial charge in [0.25, 0.3) is 17.7 Å². The number of ether oxygens (including phenoxy) is 1. The first kappa shape index (κ1) is 19.8. The zero-order valence-corrected chi connectivity index (χ0v) is 16.3. The number of rotatable bonds is 5. The number of amides is 3. The van der Waals surface area contributed by atoms with E-state index in [0.717, 1.165) is 4.90 Å². The van der Waals surface area contributed by atoms with Crippen molar-refractivity contribution in [3.8, 4) is 5.75 Å². The van der Waals surface area contributed by atoms with E-state index >= 15 is 0 Å². The van der Waals surface area contributed by atoms with Gasteiger partial charge in [-0.05, 0) is 54.6 Å². The number of para-hydroxylation sites is 2. The first-order valence-corrected chi connectivity index (χ1v) is 9.21. The minimum Gasteiger partial charge on any atom is -0.495 e. The summed E-state index contributed by atoms with van der Waals surface area (Å²) in [6.07, 6.45) is 0. The van der Waals surface area contributed by atoms with Crippen molar-refractivity contribution in [1.82, 2.24) is 0 Å². The lowest BCUT2D eigenvalue weighted by atomic mass is 10.1. The van der Waals surface area contributed by atoms with Crippen LogP contribution >= 0.6 is 0 Å². The van der Waals surface area contributed by atoms with Gasteiger partial charge in [-0.2, -0.15) is 0 Å². The van der Waals surface area contributed by atoms with Gasteiger partial charge < -0.3 is 15.2 Å². The summed E-state index contributed by atoms with van der Waals surface area (Å²) in [5.74, 6) is -2.24. The molecule has 0 saturated carbocycles. The minimum atomic E-state index is -1.07. The van der Waals surface area contributed by atoms with E-state index in [1.165, 1.54) is 49.6 Å². The van der Waals surface area contributed by atoms with E-state index in [1.807, 2.05) is 0 Å². The molecule has 0 bridgehead atoms. The average molecular weight is 416 g/mol. The molecule has 8 nitrogen and oxygen atoms in total. The number of hydrogen-bond acceptors (Lipinski definition) is 5. The summed E-state index contributed by atoms with van der Waals surface area (Å²) < 4.78 is 5.26. The number of nitrogens with zero attached hydrogens (tertiary/aromatic N) is 1. The molecule has 3 aromatic rings. The highest BCUT2D eigenvalue weighted by atomic mass is 16.5. The molecule has 2 N–H and O–H groups in total. The molecular formula is C23H16N2O6. The van der Waals surface area contributed by atoms with Gasteiger partial charge in [-0.25, -0.2) is 9.69 Å². The third kappa shape index (κ3) is 3.51. The van der Waals surface area contributed by atoms with Gasteiger partial charge in [-0.15, -0.1) is 0 Å². The molecule has 3 aromatic carbocycles. The molecule has 31 heavy (non-hydrogen) atoms. The maximum absolute atomic E-state index is 13.0. The highest BCUT2D eigenvalue weighted by Gasteiger charge is 2.38. The monoisotopic (exact) mass is 416 g/mol. The van der Waals surface area contributed by atoms with Gasteiger partial charge in [0, 0.05) is 11.3 Å². The van der Waals surface area contributed by atoms with Gasteiger partial charge >= 0.3 is 5.97 Å². The molecule has 0 radical (unpaired) electrons. The predicted octanol–water partition coefficient (Wildman–Crippen LogP) is 3.45. The summed E-state index contributed by atoms with van der Waals surface area (Å²) in [6.45, 7) is 0. The van der Waals surface area contributed by atoms with Crippen LogP contribution in [0.25, 0.3) is 0 Å². The molecule has 0 saturated heterocycles. The van der Waals surface area contributed by atoms with Gasteiger partial charge in [0.2, 0.25) is 0 Å². The second kappa shape index (κ2) is 7.75. The second-order valence-electron chi connectivity index (χ2n) is 6.71. The van der Waals surface area contributed by atoms with Crippen molar-refractivity contribution in [2.24, 2.45) is 0 Å². The fourth-order valence-electron chi connectivity index (χ4n) is 3.31. The molecule has 8 heteroatoms. The largest absolute Gasteiger partial charge is 0.495 e. The Balaban J connectivity index is 1.61. The van der Waals surface area contributed by atoms with E-state index in [0.29, 0.717) is 17.1 Å². The molecule has 0 atom stereocenters. The van der Waals surface area contributed by atoms with Crippen molar-refractivity contribution in [3.05, 3.63) is 89.0 Å². The second-order valence-corrected chi connectivity index (χ2v) is 6.71. The van der Waals surface area contributed by atoms with Crippen LogP contribution in [0.3, 0.4) is 0 Å². The van der Waals surface area contributed by atoms with Crippen LogP contribution in [0.1, 0.15) is 41.4 Å². The summed E-state index contributed by atoms with van der Waals surface area (Å²) in [5.41, 5.74) is 1.30. The summed E-state index contributed by atoms with van der Waals surface area (Å²) in [4.78, 5) is 50.4. The minimum absolute atomic E-state index is 0.0936. The van der Waals surface area contributed by atoms with E-state index in [1.54, 1.807) is 24.3 Å². The number of benzene rings is 3. The van der Waals surface area contributed by atoms with Crippen LogP contribution in [-0.2, 0) is 0 Å². The Morgan fingerprint density at radius 1 is 0.871 bits per heavy atom. The van der Waals surface area contributed by atoms with E-state index in [4.69, 9.17) is 9.84 Å². The highest BCUT2D eigenvalue weighted by molar-refractivity contribution is 6.35. The van der Waals surface area contributed by atoms with Crippen LogP contribution in [0.2, 0.25) is 0 Å². The predicted molar refractivity (Wildman–Crippen MR) is 112 cm³/mol. The van der Waals surface area contributed by atoms with Crippen molar-refractivity contribution >= 4 is 35.1 Å². The molecule has 0 fully saturated rings. The SMILES string of the molecule is COc1ccccc1N1C(=O)c2ccc(C(=O)Nc3ccc(C(=O)O)cc3)cc2C1=O. The van der Waals surface area contributed by atoms with Crippen LogP contribution < -0.4 is 15.0 Å². The Hall–Kier alpha value is -4.46. The molecule has 1 aliphatic rings. The number of methoxy groups -OCH3 is 1. The lowest BCUT2D eigenvalue weighted by molar-refractivity contribution is 0.0696. The number of carbonyl (C=O) groups excluding carboxylic acids is 3. The first-order valence-electron chi connectivity index (χ1n) is 9.21. The summed E-state index contributed by atoms with van der Waals surface area (Å²) in [6, 6.07) is 16.6. The fourth-order valence-corrected chi connectivity index (χ4v) is 3.31. The lowest BCUT2D eigenvalue weighted by Gasteiger charge is -2.16. The van der Waals surface area contributed by atoms with Crippen molar-refractivity contribution in [3.63, 3.8) is 0 Å². The summed E-state index contributed by atoms with van der Waals surface area (Å²) in [7, 11) is 1.45. The molecule has 1 heterocycles. The molecule has 3 amide bonds. The van der Waals surface area contributed by atoms with Crippen molar-refractivity contribution in [2.75, 3.05) is 17.3 Å². The maximum atomic E-state index is 13.0. The number of carboxylic acid groups (broad SMARTS) is 1. The number of hydrogen-bond donors (Lipinski definition) is 2. The zero-order valence-electron chi connectivity index (χ0n) is 16.3. The van der Waals surface area contributed by atoms with Crippen molar-refractivity contribution in [2.45, 2.75) is 0 Å². The Kier molecular flexibility index (Phi) is 4.96. The number of carboxylic acids is 1. The topological polar surface area (TPSA) is 113 Å². The average Bonchev–Trinajstić information content (AvgIpc) is 3.03. The standard InChI is InChI=1S/C23H16N2O6/c1-31-19-5-3-2-4-18(19)25-21(27)16-11-8-14(12-17(16)22(25)28)20(26)24-15-9-6-13(7-10-15)23(29)30/h2-12H,1H3,(H,24,26)(H,29,30). The number of aromatic carboxylic acids is 1. The molecule has 4 rings (SSSR count). The summed E-state index contributed by atoms with van der Waals surface area (Å²) >= 11 is 0. The maximum Gasteiger partial charge on any atom is 0.335 e. The smallest absolute Gasteiger partial charge is 0.335 e. The van der Waals surface area contributed by atoms with E-state index < -0.39 is 23.7 Å². The third-order valence-electron chi connectivity index (χ3n) is 4.86. The van der Waals surface area contributed by atoms with Gasteiger partial charge in [0.1, 0.15) is 5.75 Å². The first-order chi connectivity index (χ1) is 14.9. The number of imide groups is 1. The number of carbonyl (C=O) groups is 4. The van der Waals surface area contributed by atoms with Gasteiger partial charge in [0.15, 0.2) is 0 Å². The highest BCUT2D eigenvalue weighted by Crippen LogP contribution is 2.35. The van der Waals surface area contributed by atoms with Crippen molar-refractivity contribution < 1.29 is 29.0 Å². The van der Waals surface area contributed by atoms with E-state index in [-0.39, 0.29) is 22.3 Å². The molecule has 0 spiro atoms. The molecule has 154 valence electrons. The lowest BCUT2D eigenvalue weighted by Crippen LogP contribution is -2.29. The van der Waals surface area contributed by atoms with Crippen LogP contribution in [0.5, 0.6) is 5.75 Å². The Labute approximate surface area is 176 Å². The Morgan fingerprint density at radius 3 is 2.19 bits per heavy atom. The van der Waals surface area contributed by atoms with Gasteiger partial charge in [-0.3, -0.25) is 14.4 Å². The van der Waals surface area contributed by atoms with Gasteiger partial charge in [-0.1, -0.05) is 12.1 Å². The van der Waals surface area contributed by atoms with Crippen molar-refractivity contribution in [1.29, 1.82) is 0 Å². The summed E-state index contributed by atoms with van der Waals surface area (Å²) in [5, 5.41) is 11.6. The normalized spacial score (nSPS) is 12.5. The van der Waals surface area contributed by atoms with Crippen LogP contribution in [0.4, 0.5) is 11.4 Å². The Morgan fingerprint density at radius 2 is 1.52 bits per heavy atom.